The lowest BCUT2D eigenvalue weighted by atomic mass is 9.78. The average Bonchev–Trinajstić information content (AvgIpc) is 2.76. The van der Waals surface area contributed by atoms with E-state index in [0.717, 1.165) is 66.5 Å². The summed E-state index contributed by atoms with van der Waals surface area (Å²) >= 11 is 0. The first-order valence-corrected chi connectivity index (χ1v) is 11.2. The van der Waals surface area contributed by atoms with Crippen molar-refractivity contribution in [1.29, 1.82) is 5.41 Å². The lowest BCUT2D eigenvalue weighted by molar-refractivity contribution is 0.208. The molecule has 31 heavy (non-hydrogen) atoms. The van der Waals surface area contributed by atoms with Crippen LogP contribution >= 0.6 is 0 Å². The van der Waals surface area contributed by atoms with Crippen LogP contribution in [0.4, 0.5) is 5.69 Å². The Hall–Kier alpha value is -2.66. The normalized spacial score (nSPS) is 16.1. The lowest BCUT2D eigenvalue weighted by Gasteiger charge is -2.27. The topological polar surface area (TPSA) is 97.5 Å². The molecule has 5 nitrogen and oxygen atoms in total. The predicted molar refractivity (Wildman–Crippen MR) is 134 cm³/mol. The highest BCUT2D eigenvalue weighted by molar-refractivity contribution is 5.97. The van der Waals surface area contributed by atoms with Crippen LogP contribution < -0.4 is 11.5 Å². The van der Waals surface area contributed by atoms with E-state index in [1.807, 2.05) is 19.2 Å². The van der Waals surface area contributed by atoms with Crippen molar-refractivity contribution in [2.75, 3.05) is 26.0 Å². The molecule has 0 spiro atoms. The van der Waals surface area contributed by atoms with Gasteiger partial charge in [0, 0.05) is 42.1 Å². The lowest BCUT2D eigenvalue weighted by Crippen LogP contribution is -2.11. The number of hydrogen-bond donors (Lipinski definition) is 3. The first-order chi connectivity index (χ1) is 15.0. The molecular formula is C26H38N4O. The molecule has 1 aromatic rings. The van der Waals surface area contributed by atoms with Gasteiger partial charge in [0.05, 0.1) is 13.2 Å². The standard InChI is InChI=1S/C26H38N4O/c1-5-6-9-21(24(19(3)28)17-30-14-15-31-4)20-10-7-8-11-22(20)26-18(2)12-13-25(29)23(26)16-27/h9,12-13,16-17,27H,5-8,10-11,14-15,28-29H2,1-4H3/b21-9-,24-19+,27-16?,30-17?. The van der Waals surface area contributed by atoms with Gasteiger partial charge in [0.15, 0.2) is 0 Å². The number of aliphatic imine (C=N–C) groups is 1. The van der Waals surface area contributed by atoms with Gasteiger partial charge in [0.2, 0.25) is 0 Å². The number of allylic oxidation sites excluding steroid dienone is 6. The van der Waals surface area contributed by atoms with Crippen LogP contribution in [0.15, 0.2) is 45.6 Å². The van der Waals surface area contributed by atoms with Crippen molar-refractivity contribution < 1.29 is 4.74 Å². The Morgan fingerprint density at radius 3 is 2.65 bits per heavy atom. The van der Waals surface area contributed by atoms with Crippen molar-refractivity contribution in [3.63, 3.8) is 0 Å². The van der Waals surface area contributed by atoms with Crippen molar-refractivity contribution in [2.45, 2.75) is 59.3 Å². The second-order valence-corrected chi connectivity index (χ2v) is 8.10. The van der Waals surface area contributed by atoms with Crippen LogP contribution in [0.1, 0.15) is 69.1 Å². The number of unbranched alkanes of at least 4 members (excludes halogenated alkanes) is 1. The number of nitrogens with two attached hydrogens (primary N) is 2. The summed E-state index contributed by atoms with van der Waals surface area (Å²) in [7, 11) is 1.68. The van der Waals surface area contributed by atoms with Crippen LogP contribution in [0.3, 0.4) is 0 Å². The Labute approximate surface area is 187 Å². The number of anilines is 1. The van der Waals surface area contributed by atoms with E-state index in [4.69, 9.17) is 21.6 Å². The van der Waals surface area contributed by atoms with Gasteiger partial charge in [-0.2, -0.15) is 0 Å². The van der Waals surface area contributed by atoms with Crippen LogP contribution in [0.5, 0.6) is 0 Å². The molecule has 0 fully saturated rings. The van der Waals surface area contributed by atoms with Crippen molar-refractivity contribution in [3.05, 3.63) is 57.3 Å². The third-order valence-electron chi connectivity index (χ3n) is 5.72. The van der Waals surface area contributed by atoms with E-state index in [9.17, 15) is 0 Å². The Morgan fingerprint density at radius 2 is 2.00 bits per heavy atom. The summed E-state index contributed by atoms with van der Waals surface area (Å²) in [6.07, 6.45) is 11.9. The average molecular weight is 423 g/mol. The Bertz CT molecular complexity index is 902. The van der Waals surface area contributed by atoms with Crippen LogP contribution in [0, 0.1) is 12.3 Å². The van der Waals surface area contributed by atoms with E-state index < -0.39 is 0 Å². The summed E-state index contributed by atoms with van der Waals surface area (Å²) in [6.45, 7) is 7.42. The smallest absolute Gasteiger partial charge is 0.0658 e. The molecule has 0 bridgehead atoms. The summed E-state index contributed by atoms with van der Waals surface area (Å²) in [5.41, 5.74) is 21.9. The SMILES string of the molecule is CCC/C=C(C1=C(c2c(C)ccc(N)c2C=N)CCCC1)\C(C=NCCOC)=C(/C)N. The van der Waals surface area contributed by atoms with E-state index in [0.29, 0.717) is 18.8 Å². The number of nitrogens with zero attached hydrogens (tertiary/aromatic N) is 1. The van der Waals surface area contributed by atoms with Gasteiger partial charge in [0.1, 0.15) is 0 Å². The number of hydrogen-bond acceptors (Lipinski definition) is 5. The molecular weight excluding hydrogens is 384 g/mol. The molecule has 1 aromatic carbocycles. The molecule has 5 heteroatoms. The van der Waals surface area contributed by atoms with Crippen LogP contribution in [-0.2, 0) is 4.74 Å². The fourth-order valence-corrected chi connectivity index (χ4v) is 4.15. The molecule has 0 radical (unpaired) electrons. The number of methoxy groups -OCH3 is 1. The molecule has 1 aliphatic carbocycles. The second-order valence-electron chi connectivity index (χ2n) is 8.10. The minimum atomic E-state index is 0.584. The molecule has 0 heterocycles. The maximum Gasteiger partial charge on any atom is 0.0658 e. The van der Waals surface area contributed by atoms with Crippen molar-refractivity contribution in [2.24, 2.45) is 10.7 Å². The number of benzene rings is 1. The summed E-state index contributed by atoms with van der Waals surface area (Å²) in [4.78, 5) is 4.56. The molecule has 5 N–H and O–H groups in total. The molecule has 0 unspecified atom stereocenters. The van der Waals surface area contributed by atoms with Gasteiger partial charge in [-0.15, -0.1) is 0 Å². The van der Waals surface area contributed by atoms with E-state index in [-0.39, 0.29) is 0 Å². The molecule has 0 saturated carbocycles. The zero-order chi connectivity index (χ0) is 22.8. The number of nitrogen functional groups attached to an aromatic ring is 1. The highest BCUT2D eigenvalue weighted by atomic mass is 16.5. The molecule has 168 valence electrons. The quantitative estimate of drug-likeness (QED) is 0.199. The van der Waals surface area contributed by atoms with Gasteiger partial charge in [-0.3, -0.25) is 4.99 Å². The zero-order valence-electron chi connectivity index (χ0n) is 19.6. The van der Waals surface area contributed by atoms with Crippen LogP contribution in [0.2, 0.25) is 0 Å². The monoisotopic (exact) mass is 422 g/mol. The van der Waals surface area contributed by atoms with Gasteiger partial charge in [-0.05, 0) is 79.9 Å². The second kappa shape index (κ2) is 12.3. The largest absolute Gasteiger partial charge is 0.402 e. The van der Waals surface area contributed by atoms with Gasteiger partial charge >= 0.3 is 0 Å². The van der Waals surface area contributed by atoms with E-state index in [1.165, 1.54) is 22.9 Å². The zero-order valence-corrected chi connectivity index (χ0v) is 19.6. The maximum absolute atomic E-state index is 8.00. The third-order valence-corrected chi connectivity index (χ3v) is 5.72. The van der Waals surface area contributed by atoms with Crippen LogP contribution in [-0.4, -0.2) is 32.7 Å². The number of rotatable bonds is 10. The first kappa shape index (κ1) is 24.6. The Balaban J connectivity index is 2.73. The summed E-state index contributed by atoms with van der Waals surface area (Å²) in [6, 6.07) is 3.96. The van der Waals surface area contributed by atoms with E-state index in [1.54, 1.807) is 7.11 Å². The number of aryl methyl sites for hydroxylation is 1. The van der Waals surface area contributed by atoms with Crippen molar-refractivity contribution in [1.82, 2.24) is 0 Å². The fourth-order valence-electron chi connectivity index (χ4n) is 4.15. The predicted octanol–water partition coefficient (Wildman–Crippen LogP) is 5.58. The number of ether oxygens (including phenoxy) is 1. The number of nitrogens with one attached hydrogen (secondary N) is 1. The van der Waals surface area contributed by atoms with Gasteiger partial charge in [-0.25, -0.2) is 0 Å². The molecule has 0 aliphatic heterocycles. The molecule has 1 aliphatic rings. The summed E-state index contributed by atoms with van der Waals surface area (Å²) in [5.74, 6) is 0. The Kier molecular flexibility index (Phi) is 9.73. The summed E-state index contributed by atoms with van der Waals surface area (Å²) in [5, 5.41) is 8.00. The molecule has 2 rings (SSSR count). The molecule has 0 amide bonds. The van der Waals surface area contributed by atoms with Gasteiger partial charge < -0.3 is 21.6 Å². The maximum atomic E-state index is 8.00. The highest BCUT2D eigenvalue weighted by Gasteiger charge is 2.23. The first-order valence-electron chi connectivity index (χ1n) is 11.2. The minimum absolute atomic E-state index is 0.584. The molecule has 0 saturated heterocycles. The van der Waals surface area contributed by atoms with E-state index >= 15 is 0 Å². The molecule has 0 aromatic heterocycles. The minimum Gasteiger partial charge on any atom is -0.402 e. The third kappa shape index (κ3) is 6.17. The fraction of sp³-hybridized carbons (Fsp3) is 0.462. The molecule has 0 atom stereocenters. The van der Waals surface area contributed by atoms with E-state index in [2.05, 4.69) is 31.0 Å². The van der Waals surface area contributed by atoms with Crippen molar-refractivity contribution >= 4 is 23.7 Å². The van der Waals surface area contributed by atoms with Gasteiger partial charge in [0.25, 0.3) is 0 Å². The van der Waals surface area contributed by atoms with Crippen molar-refractivity contribution in [3.8, 4) is 0 Å². The Morgan fingerprint density at radius 1 is 1.26 bits per heavy atom. The van der Waals surface area contributed by atoms with Crippen LogP contribution in [0.25, 0.3) is 5.57 Å². The summed E-state index contributed by atoms with van der Waals surface area (Å²) < 4.78 is 5.13. The highest BCUT2D eigenvalue weighted by Crippen LogP contribution is 2.41. The van der Waals surface area contributed by atoms with Gasteiger partial charge in [-0.1, -0.05) is 25.5 Å².